The monoisotopic (exact) mass is 455 g/mol. The highest BCUT2D eigenvalue weighted by Gasteiger charge is 2.32. The van der Waals surface area contributed by atoms with Crippen molar-refractivity contribution >= 4 is 12.0 Å². The molecule has 2 saturated heterocycles. The van der Waals surface area contributed by atoms with E-state index in [1.54, 1.807) is 30.3 Å². The zero-order chi connectivity index (χ0) is 23.5. The number of hydrogen-bond donors (Lipinski definition) is 2. The van der Waals surface area contributed by atoms with Gasteiger partial charge in [-0.2, -0.15) is 0 Å². The lowest BCUT2D eigenvalue weighted by molar-refractivity contribution is 0.0572. The van der Waals surface area contributed by atoms with Crippen LogP contribution in [0.25, 0.3) is 11.1 Å². The molecular weight excluding hydrogens is 425 g/mol. The van der Waals surface area contributed by atoms with Crippen LogP contribution in [0.3, 0.4) is 0 Å². The Balaban J connectivity index is 1.69. The van der Waals surface area contributed by atoms with Crippen LogP contribution in [0.5, 0.6) is 5.75 Å². The van der Waals surface area contributed by atoms with Crippen LogP contribution in [0.4, 0.5) is 9.18 Å². The quantitative estimate of drug-likeness (QED) is 0.711. The maximum Gasteiger partial charge on any atom is 0.410 e. The van der Waals surface area contributed by atoms with Crippen molar-refractivity contribution in [2.45, 2.75) is 39.0 Å². The minimum Gasteiger partial charge on any atom is -0.470 e. The van der Waals surface area contributed by atoms with Gasteiger partial charge in [-0.15, -0.1) is 0 Å². The molecule has 7 nitrogen and oxygen atoms in total. The molecule has 2 fully saturated rings. The maximum absolute atomic E-state index is 13.6. The molecule has 2 aliphatic rings. The zero-order valence-electron chi connectivity index (χ0n) is 19.0. The van der Waals surface area contributed by atoms with Gasteiger partial charge in [0.25, 0.3) is 5.91 Å². The second-order valence-electron chi connectivity index (χ2n) is 8.92. The van der Waals surface area contributed by atoms with Crippen molar-refractivity contribution in [3.05, 3.63) is 53.8 Å². The molecule has 0 radical (unpaired) electrons. The van der Waals surface area contributed by atoms with Crippen LogP contribution in [-0.4, -0.2) is 65.4 Å². The summed E-state index contributed by atoms with van der Waals surface area (Å²) in [5, 5.41) is 12.8. The lowest BCUT2D eigenvalue weighted by Gasteiger charge is -2.38. The van der Waals surface area contributed by atoms with Gasteiger partial charge in [0.1, 0.15) is 11.6 Å². The predicted octanol–water partition coefficient (Wildman–Crippen LogP) is 4.04. The molecule has 33 heavy (non-hydrogen) atoms. The number of nitrogens with one attached hydrogen (secondary N) is 1. The van der Waals surface area contributed by atoms with Crippen LogP contribution < -0.4 is 10.1 Å². The lowest BCUT2D eigenvalue weighted by atomic mass is 9.97. The number of nitrogens with zero attached hydrogens (tertiary/aromatic N) is 2. The second kappa shape index (κ2) is 9.79. The Bertz CT molecular complexity index is 1010. The largest absolute Gasteiger partial charge is 0.470 e. The molecule has 1 unspecified atom stereocenters. The second-order valence-corrected chi connectivity index (χ2v) is 8.92. The minimum absolute atomic E-state index is 0.0573. The molecule has 176 valence electrons. The summed E-state index contributed by atoms with van der Waals surface area (Å²) in [6, 6.07) is 11.3. The molecule has 0 aliphatic carbocycles. The van der Waals surface area contributed by atoms with Gasteiger partial charge in [-0.05, 0) is 48.2 Å². The summed E-state index contributed by atoms with van der Waals surface area (Å²) in [6.45, 7) is 6.75. The van der Waals surface area contributed by atoms with Gasteiger partial charge in [-0.25, -0.2) is 9.18 Å². The number of benzene rings is 2. The van der Waals surface area contributed by atoms with E-state index in [9.17, 15) is 19.1 Å². The van der Waals surface area contributed by atoms with E-state index in [0.717, 1.165) is 19.5 Å². The van der Waals surface area contributed by atoms with Crippen molar-refractivity contribution in [1.29, 1.82) is 0 Å². The van der Waals surface area contributed by atoms with Gasteiger partial charge in [0.05, 0.1) is 0 Å². The topological polar surface area (TPSA) is 82.1 Å². The number of carboxylic acid groups (broad SMARTS) is 1. The smallest absolute Gasteiger partial charge is 0.410 e. The first-order valence-electron chi connectivity index (χ1n) is 11.4. The van der Waals surface area contributed by atoms with Gasteiger partial charge in [-0.1, -0.05) is 26.0 Å². The Morgan fingerprint density at radius 1 is 1.12 bits per heavy atom. The molecule has 0 bridgehead atoms. The number of ether oxygens (including phenoxy) is 1. The first kappa shape index (κ1) is 23.0. The summed E-state index contributed by atoms with van der Waals surface area (Å²) < 4.78 is 19.7. The Labute approximate surface area is 193 Å². The van der Waals surface area contributed by atoms with Crippen molar-refractivity contribution in [1.82, 2.24) is 15.1 Å². The van der Waals surface area contributed by atoms with Gasteiger partial charge in [-0.3, -0.25) is 9.69 Å². The van der Waals surface area contributed by atoms with E-state index in [0.29, 0.717) is 47.9 Å². The Kier molecular flexibility index (Phi) is 6.83. The summed E-state index contributed by atoms with van der Waals surface area (Å²) in [7, 11) is 0. The van der Waals surface area contributed by atoms with Crippen molar-refractivity contribution in [2.24, 2.45) is 5.92 Å². The molecule has 2 heterocycles. The number of rotatable bonds is 5. The number of hydrogen-bond acceptors (Lipinski definition) is 4. The van der Waals surface area contributed by atoms with Crippen molar-refractivity contribution in [2.75, 3.05) is 26.2 Å². The standard InChI is InChI=1S/C25H30FN3O4/c1-16(2)21-15-27-11-13-28(21)24(30)18-7-10-22(33-23-4-3-12-29(23)25(31)32)20(14-18)17-5-8-19(26)9-6-17/h5-10,14,16,21,23,27H,3-4,11-13,15H2,1-2H3,(H,31,32)/t21-,23?/m1/s1. The highest BCUT2D eigenvalue weighted by molar-refractivity contribution is 5.96. The number of amides is 2. The average molecular weight is 456 g/mol. The molecule has 0 aromatic heterocycles. The summed E-state index contributed by atoms with van der Waals surface area (Å²) in [4.78, 5) is 28.2. The molecular formula is C25H30FN3O4. The average Bonchev–Trinajstić information content (AvgIpc) is 3.28. The molecule has 2 aliphatic heterocycles. The summed E-state index contributed by atoms with van der Waals surface area (Å²) in [5.74, 6) is 0.363. The summed E-state index contributed by atoms with van der Waals surface area (Å²) in [5.41, 5.74) is 1.85. The highest BCUT2D eigenvalue weighted by atomic mass is 19.1. The van der Waals surface area contributed by atoms with E-state index >= 15 is 0 Å². The zero-order valence-corrected chi connectivity index (χ0v) is 19.0. The summed E-state index contributed by atoms with van der Waals surface area (Å²) in [6.07, 6.45) is -0.307. The number of carbonyl (C=O) groups excluding carboxylic acids is 1. The molecule has 2 N–H and O–H groups in total. The Morgan fingerprint density at radius 3 is 2.58 bits per heavy atom. The fourth-order valence-electron chi connectivity index (χ4n) is 4.58. The highest BCUT2D eigenvalue weighted by Crippen LogP contribution is 2.34. The third-order valence-corrected chi connectivity index (χ3v) is 6.40. The van der Waals surface area contributed by atoms with Gasteiger partial charge < -0.3 is 20.1 Å². The number of carbonyl (C=O) groups is 2. The third kappa shape index (κ3) is 4.95. The molecule has 2 atom stereocenters. The van der Waals surface area contributed by atoms with Crippen LogP contribution >= 0.6 is 0 Å². The maximum atomic E-state index is 13.6. The van der Waals surface area contributed by atoms with E-state index in [1.807, 2.05) is 4.90 Å². The van der Waals surface area contributed by atoms with E-state index < -0.39 is 12.3 Å². The lowest BCUT2D eigenvalue weighted by Crippen LogP contribution is -2.55. The number of likely N-dealkylation sites (tertiary alicyclic amines) is 1. The van der Waals surface area contributed by atoms with E-state index in [4.69, 9.17) is 4.74 Å². The van der Waals surface area contributed by atoms with Crippen molar-refractivity contribution < 1.29 is 23.8 Å². The van der Waals surface area contributed by atoms with E-state index in [-0.39, 0.29) is 17.8 Å². The van der Waals surface area contributed by atoms with E-state index in [2.05, 4.69) is 19.2 Å². The van der Waals surface area contributed by atoms with Gasteiger partial charge >= 0.3 is 6.09 Å². The molecule has 4 rings (SSSR count). The van der Waals surface area contributed by atoms with Crippen LogP contribution in [0.15, 0.2) is 42.5 Å². The molecule has 0 saturated carbocycles. The summed E-state index contributed by atoms with van der Waals surface area (Å²) >= 11 is 0. The van der Waals surface area contributed by atoms with E-state index in [1.165, 1.54) is 17.0 Å². The van der Waals surface area contributed by atoms with Crippen molar-refractivity contribution in [3.63, 3.8) is 0 Å². The fraction of sp³-hybridized carbons (Fsp3) is 0.440. The third-order valence-electron chi connectivity index (χ3n) is 6.40. The van der Waals surface area contributed by atoms with Crippen molar-refractivity contribution in [3.8, 4) is 16.9 Å². The Hall–Kier alpha value is -3.13. The Morgan fingerprint density at radius 2 is 1.88 bits per heavy atom. The van der Waals surface area contributed by atoms with Gasteiger partial charge in [0.15, 0.2) is 6.23 Å². The molecule has 8 heteroatoms. The van der Waals surface area contributed by atoms with Gasteiger partial charge in [0, 0.05) is 49.8 Å². The first-order valence-corrected chi connectivity index (χ1v) is 11.4. The van der Waals surface area contributed by atoms with Crippen LogP contribution in [0, 0.1) is 11.7 Å². The normalized spacial score (nSPS) is 20.8. The SMILES string of the molecule is CC(C)[C@H]1CNCCN1C(=O)c1ccc(OC2CCCN2C(=O)O)c(-c2ccc(F)cc2)c1. The first-order chi connectivity index (χ1) is 15.8. The minimum atomic E-state index is -1.02. The van der Waals surface area contributed by atoms with Crippen LogP contribution in [0.2, 0.25) is 0 Å². The fourth-order valence-corrected chi connectivity index (χ4v) is 4.58. The molecule has 2 aromatic rings. The van der Waals surface area contributed by atoms with Crippen LogP contribution in [-0.2, 0) is 0 Å². The molecule has 2 amide bonds. The predicted molar refractivity (Wildman–Crippen MR) is 123 cm³/mol. The molecule has 0 spiro atoms. The molecule has 2 aromatic carbocycles. The number of piperazine rings is 1. The van der Waals surface area contributed by atoms with Gasteiger partial charge in [0.2, 0.25) is 0 Å². The number of halogens is 1. The van der Waals surface area contributed by atoms with Crippen LogP contribution in [0.1, 0.15) is 37.0 Å².